The van der Waals surface area contributed by atoms with E-state index in [-0.39, 0.29) is 18.2 Å². The van der Waals surface area contributed by atoms with Crippen LogP contribution >= 0.6 is 12.4 Å². The summed E-state index contributed by atoms with van der Waals surface area (Å²) >= 11 is 0. The molecule has 1 aromatic rings. The lowest BCUT2D eigenvalue weighted by Crippen LogP contribution is -2.51. The molecule has 7 heteroatoms. The minimum Gasteiger partial charge on any atom is -0.507 e. The molecule has 0 radical (unpaired) electrons. The van der Waals surface area contributed by atoms with Crippen LogP contribution in [0.5, 0.6) is 5.75 Å². The zero-order valence-corrected chi connectivity index (χ0v) is 18.6. The topological polar surface area (TPSA) is 55.7 Å². The number of phenolic OH excluding ortho intramolecular Hbond substituents is 1. The largest absolute Gasteiger partial charge is 0.507 e. The Morgan fingerprint density at radius 1 is 1.00 bits per heavy atom. The van der Waals surface area contributed by atoms with E-state index in [1.54, 1.807) is 17.0 Å². The number of piperazine rings is 1. The molecule has 1 aliphatic heterocycles. The third kappa shape index (κ3) is 5.35. The first-order valence-electron chi connectivity index (χ1n) is 9.60. The van der Waals surface area contributed by atoms with Gasteiger partial charge in [-0.3, -0.25) is 4.90 Å². The van der Waals surface area contributed by atoms with Gasteiger partial charge in [-0.1, -0.05) is 41.5 Å². The summed E-state index contributed by atoms with van der Waals surface area (Å²) in [5.74, 6) is -3.11. The van der Waals surface area contributed by atoms with E-state index in [1.165, 1.54) is 0 Å². The Bertz CT molecular complexity index is 628. The van der Waals surface area contributed by atoms with Crippen LogP contribution in [0.2, 0.25) is 0 Å². The summed E-state index contributed by atoms with van der Waals surface area (Å²) in [5.41, 5.74) is 0.951. The van der Waals surface area contributed by atoms with Crippen LogP contribution in [0.15, 0.2) is 12.1 Å². The number of phenols is 1. The van der Waals surface area contributed by atoms with Crippen molar-refractivity contribution in [3.63, 3.8) is 0 Å². The number of hydrogen-bond acceptors (Lipinski definition) is 4. The van der Waals surface area contributed by atoms with Crippen LogP contribution < -0.4 is 5.32 Å². The van der Waals surface area contributed by atoms with Gasteiger partial charge in [0.05, 0.1) is 0 Å². The normalized spacial score (nSPS) is 17.9. The Balaban J connectivity index is 0.00000392. The predicted octanol–water partition coefficient (Wildman–Crippen LogP) is 3.98. The van der Waals surface area contributed by atoms with Crippen LogP contribution in [-0.4, -0.2) is 53.8 Å². The standard InChI is InChI=1S/C21H34F2N2O2.ClH/c1-19(2,3)15-11-14(12-16(17(15)27)20(4,5)6)18(21(22,23)13-26)25-9-7-24-8-10-25;/h11-12,18,24,26-27H,7-10,13H2,1-6H3;1H/t18-;/m0./s1. The predicted molar refractivity (Wildman–Crippen MR) is 112 cm³/mol. The van der Waals surface area contributed by atoms with Gasteiger partial charge >= 0.3 is 0 Å². The SMILES string of the molecule is CC(C)(C)c1cc([C@H](N2CCNCC2)C(F)(F)CO)cc(C(C)(C)C)c1O.Cl. The van der Waals surface area contributed by atoms with E-state index in [0.29, 0.717) is 42.9 Å². The molecule has 0 amide bonds. The summed E-state index contributed by atoms with van der Waals surface area (Å²) in [6.07, 6.45) is 0. The van der Waals surface area contributed by atoms with Gasteiger partial charge in [0.1, 0.15) is 18.4 Å². The summed E-state index contributed by atoms with van der Waals surface area (Å²) in [7, 11) is 0. The number of aliphatic hydroxyl groups is 1. The fraction of sp³-hybridized carbons (Fsp3) is 0.714. The van der Waals surface area contributed by atoms with E-state index in [9.17, 15) is 19.0 Å². The van der Waals surface area contributed by atoms with Gasteiger partial charge in [0.25, 0.3) is 5.92 Å². The maximum Gasteiger partial charge on any atom is 0.289 e. The van der Waals surface area contributed by atoms with Crippen LogP contribution in [0.4, 0.5) is 8.78 Å². The highest BCUT2D eigenvalue weighted by Crippen LogP contribution is 2.44. The summed E-state index contributed by atoms with van der Waals surface area (Å²) in [5, 5.41) is 23.5. The maximum atomic E-state index is 14.9. The van der Waals surface area contributed by atoms with E-state index < -0.39 is 29.4 Å². The van der Waals surface area contributed by atoms with Gasteiger partial charge in [-0.05, 0) is 39.7 Å². The van der Waals surface area contributed by atoms with Crippen molar-refractivity contribution in [1.29, 1.82) is 0 Å². The zero-order chi connectivity index (χ0) is 20.6. The van der Waals surface area contributed by atoms with Crippen molar-refractivity contribution in [1.82, 2.24) is 10.2 Å². The molecule has 4 nitrogen and oxygen atoms in total. The van der Waals surface area contributed by atoms with Crippen molar-refractivity contribution >= 4 is 12.4 Å². The Labute approximate surface area is 173 Å². The third-order valence-corrected chi connectivity index (χ3v) is 5.19. The molecule has 1 heterocycles. The Morgan fingerprint density at radius 3 is 1.79 bits per heavy atom. The maximum absolute atomic E-state index is 14.9. The molecule has 3 N–H and O–H groups in total. The molecule has 0 bridgehead atoms. The van der Waals surface area contributed by atoms with Gasteiger partial charge < -0.3 is 15.5 Å². The lowest BCUT2D eigenvalue weighted by molar-refractivity contribution is -0.118. The van der Waals surface area contributed by atoms with E-state index in [2.05, 4.69) is 5.32 Å². The quantitative estimate of drug-likeness (QED) is 0.689. The average molecular weight is 421 g/mol. The minimum atomic E-state index is -3.28. The third-order valence-electron chi connectivity index (χ3n) is 5.19. The number of hydrogen-bond donors (Lipinski definition) is 3. The zero-order valence-electron chi connectivity index (χ0n) is 17.8. The number of benzene rings is 1. The Morgan fingerprint density at radius 2 is 1.43 bits per heavy atom. The van der Waals surface area contributed by atoms with Gasteiger partial charge in [-0.2, -0.15) is 0 Å². The van der Waals surface area contributed by atoms with Crippen molar-refractivity contribution in [2.75, 3.05) is 32.8 Å². The molecule has 0 unspecified atom stereocenters. The second-order valence-corrected chi connectivity index (χ2v) is 9.57. The van der Waals surface area contributed by atoms with Crippen molar-refractivity contribution in [3.8, 4) is 5.75 Å². The molecule has 28 heavy (non-hydrogen) atoms. The Kier molecular flexibility index (Phi) is 7.90. The van der Waals surface area contributed by atoms with Crippen LogP contribution in [-0.2, 0) is 10.8 Å². The lowest BCUT2D eigenvalue weighted by atomic mass is 9.77. The van der Waals surface area contributed by atoms with Crippen molar-refractivity contribution in [3.05, 3.63) is 28.8 Å². The smallest absolute Gasteiger partial charge is 0.289 e. The number of nitrogens with zero attached hydrogens (tertiary/aromatic N) is 1. The molecule has 0 aliphatic carbocycles. The highest BCUT2D eigenvalue weighted by Gasteiger charge is 2.45. The van der Waals surface area contributed by atoms with E-state index in [1.807, 2.05) is 41.5 Å². The van der Waals surface area contributed by atoms with Crippen LogP contribution in [0.1, 0.15) is 64.3 Å². The van der Waals surface area contributed by atoms with Crippen molar-refractivity contribution in [2.45, 2.75) is 64.3 Å². The van der Waals surface area contributed by atoms with Gasteiger partial charge in [0, 0.05) is 26.2 Å². The van der Waals surface area contributed by atoms with E-state index in [4.69, 9.17) is 0 Å². The first-order valence-corrected chi connectivity index (χ1v) is 9.60. The van der Waals surface area contributed by atoms with Crippen LogP contribution in [0.3, 0.4) is 0 Å². The average Bonchev–Trinajstić information content (AvgIpc) is 2.55. The first-order chi connectivity index (χ1) is 12.3. The number of nitrogens with one attached hydrogen (secondary N) is 1. The molecule has 0 spiro atoms. The number of rotatable bonds is 4. The summed E-state index contributed by atoms with van der Waals surface area (Å²) in [6.45, 7) is 12.8. The molecule has 1 aliphatic rings. The fourth-order valence-corrected chi connectivity index (χ4v) is 3.71. The highest BCUT2D eigenvalue weighted by molar-refractivity contribution is 5.85. The molecular formula is C21H35ClF2N2O2. The molecule has 1 saturated heterocycles. The molecule has 162 valence electrons. The fourth-order valence-electron chi connectivity index (χ4n) is 3.71. The second kappa shape index (κ2) is 8.82. The molecular weight excluding hydrogens is 386 g/mol. The summed E-state index contributed by atoms with van der Waals surface area (Å²) < 4.78 is 29.7. The number of alkyl halides is 2. The molecule has 0 aromatic heterocycles. The lowest BCUT2D eigenvalue weighted by Gasteiger charge is -2.40. The molecule has 1 aromatic carbocycles. The summed E-state index contributed by atoms with van der Waals surface area (Å²) in [4.78, 5) is 1.73. The van der Waals surface area contributed by atoms with Crippen LogP contribution in [0, 0.1) is 0 Å². The second-order valence-electron chi connectivity index (χ2n) is 9.57. The van der Waals surface area contributed by atoms with E-state index in [0.717, 1.165) is 0 Å². The molecule has 2 rings (SSSR count). The van der Waals surface area contributed by atoms with Gasteiger partial charge in [-0.15, -0.1) is 12.4 Å². The first kappa shape index (κ1) is 25.1. The molecule has 1 fully saturated rings. The number of aromatic hydroxyl groups is 1. The summed E-state index contributed by atoms with van der Waals surface area (Å²) in [6, 6.07) is 2.16. The molecule has 1 atom stereocenters. The Hall–Kier alpha value is -0.950. The monoisotopic (exact) mass is 420 g/mol. The number of halogens is 3. The van der Waals surface area contributed by atoms with Crippen LogP contribution in [0.25, 0.3) is 0 Å². The van der Waals surface area contributed by atoms with Gasteiger partial charge in [0.2, 0.25) is 0 Å². The van der Waals surface area contributed by atoms with E-state index >= 15 is 0 Å². The highest BCUT2D eigenvalue weighted by atomic mass is 35.5. The minimum absolute atomic E-state index is 0. The molecule has 0 saturated carbocycles. The van der Waals surface area contributed by atoms with Crippen molar-refractivity contribution < 1.29 is 19.0 Å². The number of aliphatic hydroxyl groups excluding tert-OH is 1. The van der Waals surface area contributed by atoms with Gasteiger partial charge in [-0.25, -0.2) is 8.78 Å². The van der Waals surface area contributed by atoms with Gasteiger partial charge in [0.15, 0.2) is 0 Å². The van der Waals surface area contributed by atoms with Crippen molar-refractivity contribution in [2.24, 2.45) is 0 Å².